The Hall–Kier alpha value is -2.19. The van der Waals surface area contributed by atoms with Crippen LogP contribution in [0.3, 0.4) is 0 Å². The monoisotopic (exact) mass is 525 g/mol. The van der Waals surface area contributed by atoms with Gasteiger partial charge in [-0.2, -0.15) is 0 Å². The summed E-state index contributed by atoms with van der Waals surface area (Å²) < 4.78 is 16.7. The fourth-order valence-corrected chi connectivity index (χ4v) is 4.95. The molecule has 0 aromatic heterocycles. The SMILES string of the molecule is C=CCC1=CC(=O)C(OC)(C(C)(C)CC(=O)Oc2ccc(N(CCCl)CCCl)cc2)C(OC)C1=O. The average molecular weight is 526 g/mol. The first-order valence-corrected chi connectivity index (χ1v) is 12.3. The van der Waals surface area contributed by atoms with Crippen molar-refractivity contribution in [1.82, 2.24) is 0 Å². The number of methoxy groups -OCH3 is 2. The molecule has 1 aromatic rings. The van der Waals surface area contributed by atoms with E-state index in [0.29, 0.717) is 36.2 Å². The second-order valence-electron chi connectivity index (χ2n) is 8.84. The molecule has 1 aliphatic carbocycles. The molecule has 0 saturated heterocycles. The maximum atomic E-state index is 13.3. The average Bonchev–Trinajstić information content (AvgIpc) is 2.81. The van der Waals surface area contributed by atoms with Gasteiger partial charge in [-0.3, -0.25) is 14.4 Å². The fraction of sp³-hybridized carbons (Fsp3) is 0.500. The van der Waals surface area contributed by atoms with Crippen LogP contribution in [-0.4, -0.2) is 68.3 Å². The molecule has 35 heavy (non-hydrogen) atoms. The summed E-state index contributed by atoms with van der Waals surface area (Å²) in [6.45, 7) is 8.27. The minimum atomic E-state index is -1.70. The molecular weight excluding hydrogens is 493 g/mol. The molecular formula is C26H33Cl2NO6. The van der Waals surface area contributed by atoms with E-state index in [1.165, 1.54) is 20.3 Å². The molecule has 0 radical (unpaired) electrons. The third-order valence-electron chi connectivity index (χ3n) is 6.25. The van der Waals surface area contributed by atoms with E-state index in [1.54, 1.807) is 32.1 Å². The molecule has 2 atom stereocenters. The quantitative estimate of drug-likeness (QED) is 0.164. The number of Topliss-reactive ketones (excluding diaryl/α,β-unsaturated/α-hetero) is 1. The molecule has 192 valence electrons. The normalized spacial score (nSPS) is 20.4. The van der Waals surface area contributed by atoms with Gasteiger partial charge in [-0.1, -0.05) is 19.9 Å². The fourth-order valence-electron chi connectivity index (χ4n) is 4.54. The van der Waals surface area contributed by atoms with Crippen molar-refractivity contribution in [3.63, 3.8) is 0 Å². The Labute approximate surface area is 217 Å². The molecule has 0 fully saturated rings. The number of anilines is 1. The van der Waals surface area contributed by atoms with Crippen LogP contribution in [0.25, 0.3) is 0 Å². The predicted octanol–water partition coefficient (Wildman–Crippen LogP) is 4.35. The lowest BCUT2D eigenvalue weighted by molar-refractivity contribution is -0.192. The van der Waals surface area contributed by atoms with Gasteiger partial charge in [-0.05, 0) is 36.8 Å². The van der Waals surface area contributed by atoms with E-state index in [-0.39, 0.29) is 18.6 Å². The summed E-state index contributed by atoms with van der Waals surface area (Å²) in [6.07, 6.45) is 1.63. The summed E-state index contributed by atoms with van der Waals surface area (Å²) >= 11 is 11.7. The zero-order valence-corrected chi connectivity index (χ0v) is 22.2. The molecule has 7 nitrogen and oxygen atoms in total. The van der Waals surface area contributed by atoms with Crippen molar-refractivity contribution in [2.24, 2.45) is 5.41 Å². The van der Waals surface area contributed by atoms with Gasteiger partial charge in [-0.25, -0.2) is 0 Å². The molecule has 1 aliphatic rings. The van der Waals surface area contributed by atoms with Gasteiger partial charge in [0, 0.05) is 55.7 Å². The van der Waals surface area contributed by atoms with E-state index >= 15 is 0 Å². The highest BCUT2D eigenvalue weighted by molar-refractivity contribution is 6.18. The molecule has 0 heterocycles. The summed E-state index contributed by atoms with van der Waals surface area (Å²) in [5.41, 5.74) is -1.64. The Morgan fingerprint density at radius 2 is 1.74 bits per heavy atom. The lowest BCUT2D eigenvalue weighted by Gasteiger charge is -2.48. The minimum Gasteiger partial charge on any atom is -0.427 e. The van der Waals surface area contributed by atoms with Crippen LogP contribution in [0.2, 0.25) is 0 Å². The Morgan fingerprint density at radius 3 is 2.23 bits per heavy atom. The lowest BCUT2D eigenvalue weighted by Crippen LogP contribution is -2.66. The number of carbonyl (C=O) groups excluding carboxylic acids is 3. The minimum absolute atomic E-state index is 0.198. The summed E-state index contributed by atoms with van der Waals surface area (Å²) in [6, 6.07) is 7.00. The molecule has 0 spiro atoms. The van der Waals surface area contributed by atoms with Crippen molar-refractivity contribution in [3.05, 3.63) is 48.6 Å². The molecule has 0 saturated carbocycles. The first kappa shape index (κ1) is 29.0. The summed E-state index contributed by atoms with van der Waals surface area (Å²) in [5.74, 6) is -0.127. The number of hydrogen-bond acceptors (Lipinski definition) is 7. The number of benzene rings is 1. The number of nitrogens with zero attached hydrogens (tertiary/aromatic N) is 1. The highest BCUT2D eigenvalue weighted by atomic mass is 35.5. The van der Waals surface area contributed by atoms with Gasteiger partial charge in [0.2, 0.25) is 0 Å². The van der Waals surface area contributed by atoms with Gasteiger partial charge in [0.25, 0.3) is 0 Å². The molecule has 0 aliphatic heterocycles. The first-order chi connectivity index (χ1) is 16.6. The maximum absolute atomic E-state index is 13.3. The molecule has 2 rings (SSSR count). The van der Waals surface area contributed by atoms with Crippen molar-refractivity contribution in [2.45, 2.75) is 38.4 Å². The maximum Gasteiger partial charge on any atom is 0.311 e. The Kier molecular flexibility index (Phi) is 10.5. The first-order valence-electron chi connectivity index (χ1n) is 11.3. The van der Waals surface area contributed by atoms with Crippen molar-refractivity contribution in [3.8, 4) is 5.75 Å². The van der Waals surface area contributed by atoms with Gasteiger partial charge >= 0.3 is 5.97 Å². The number of rotatable bonds is 13. The van der Waals surface area contributed by atoms with E-state index in [9.17, 15) is 14.4 Å². The Bertz CT molecular complexity index is 953. The van der Waals surface area contributed by atoms with E-state index < -0.39 is 28.9 Å². The topological polar surface area (TPSA) is 82.1 Å². The molecule has 0 bridgehead atoms. The third-order valence-corrected chi connectivity index (χ3v) is 6.59. The number of ether oxygens (including phenoxy) is 3. The van der Waals surface area contributed by atoms with E-state index in [2.05, 4.69) is 6.58 Å². The van der Waals surface area contributed by atoms with Gasteiger partial charge in [0.15, 0.2) is 23.3 Å². The number of halogens is 2. The van der Waals surface area contributed by atoms with Crippen LogP contribution in [-0.2, 0) is 23.9 Å². The third kappa shape index (κ3) is 6.15. The molecule has 0 N–H and O–H groups in total. The van der Waals surface area contributed by atoms with Crippen molar-refractivity contribution < 1.29 is 28.6 Å². The van der Waals surface area contributed by atoms with Gasteiger partial charge in [0.1, 0.15) is 5.75 Å². The number of ketones is 2. The van der Waals surface area contributed by atoms with E-state index in [1.807, 2.05) is 17.0 Å². The van der Waals surface area contributed by atoms with E-state index in [4.69, 9.17) is 37.4 Å². The number of esters is 1. The molecule has 0 amide bonds. The van der Waals surface area contributed by atoms with Crippen LogP contribution in [0.5, 0.6) is 5.75 Å². The highest BCUT2D eigenvalue weighted by Gasteiger charge is 2.61. The van der Waals surface area contributed by atoms with Crippen LogP contribution in [0.1, 0.15) is 26.7 Å². The van der Waals surface area contributed by atoms with Crippen LogP contribution in [0.4, 0.5) is 5.69 Å². The largest absolute Gasteiger partial charge is 0.427 e. The zero-order valence-electron chi connectivity index (χ0n) is 20.6. The zero-order chi connectivity index (χ0) is 26.2. The summed E-state index contributed by atoms with van der Waals surface area (Å²) in [4.78, 5) is 41.3. The smallest absolute Gasteiger partial charge is 0.311 e. The van der Waals surface area contributed by atoms with Gasteiger partial charge in [-0.15, -0.1) is 29.8 Å². The molecule has 1 aromatic carbocycles. The number of carbonyl (C=O) groups is 3. The van der Waals surface area contributed by atoms with Crippen LogP contribution >= 0.6 is 23.2 Å². The van der Waals surface area contributed by atoms with Crippen LogP contribution in [0.15, 0.2) is 48.6 Å². The Balaban J connectivity index is 2.24. The number of alkyl halides is 2. The van der Waals surface area contributed by atoms with Crippen LogP contribution in [0, 0.1) is 5.41 Å². The molecule has 9 heteroatoms. The lowest BCUT2D eigenvalue weighted by atomic mass is 9.63. The number of hydrogen-bond donors (Lipinski definition) is 0. The van der Waals surface area contributed by atoms with Crippen molar-refractivity contribution in [1.29, 1.82) is 0 Å². The van der Waals surface area contributed by atoms with Gasteiger partial charge in [0.05, 0.1) is 6.42 Å². The Morgan fingerprint density at radius 1 is 1.14 bits per heavy atom. The van der Waals surface area contributed by atoms with E-state index in [0.717, 1.165) is 5.69 Å². The molecule has 2 unspecified atom stereocenters. The number of allylic oxidation sites excluding steroid dienone is 1. The standard InChI is InChI=1S/C26H33Cl2NO6/c1-6-7-18-16-21(30)26(34-5,24(33-4)23(18)32)25(2,3)17-22(31)35-20-10-8-19(9-11-20)29(14-12-27)15-13-28/h6,8-11,16,24H,1,7,12-15,17H2,2-5H3. The van der Waals surface area contributed by atoms with Crippen molar-refractivity contribution >= 4 is 46.4 Å². The van der Waals surface area contributed by atoms with Crippen LogP contribution < -0.4 is 9.64 Å². The second kappa shape index (κ2) is 12.7. The van der Waals surface area contributed by atoms with Crippen molar-refractivity contribution in [2.75, 3.05) is 44.0 Å². The summed E-state index contributed by atoms with van der Waals surface area (Å²) in [5, 5.41) is 0. The second-order valence-corrected chi connectivity index (χ2v) is 9.60. The van der Waals surface area contributed by atoms with Gasteiger partial charge < -0.3 is 19.1 Å². The summed E-state index contributed by atoms with van der Waals surface area (Å²) in [7, 11) is 2.68. The highest BCUT2D eigenvalue weighted by Crippen LogP contribution is 2.45. The predicted molar refractivity (Wildman–Crippen MR) is 138 cm³/mol.